The number of hydrogen-bond donors (Lipinski definition) is 1. The van der Waals surface area contributed by atoms with Crippen molar-refractivity contribution in [3.05, 3.63) is 29.8 Å². The molecule has 0 bridgehead atoms. The maximum atomic E-state index is 12.5. The maximum absolute atomic E-state index is 12.5. The van der Waals surface area contributed by atoms with E-state index in [9.17, 15) is 18.0 Å². The Morgan fingerprint density at radius 1 is 1.25 bits per heavy atom. The summed E-state index contributed by atoms with van der Waals surface area (Å²) >= 11 is 0. The van der Waals surface area contributed by atoms with Gasteiger partial charge < -0.3 is 24.2 Å². The van der Waals surface area contributed by atoms with Gasteiger partial charge in [-0.1, -0.05) is 12.1 Å². The second-order valence-corrected chi connectivity index (χ2v) is 8.04. The molecule has 0 radical (unpaired) electrons. The zero-order chi connectivity index (χ0) is 23.3. The smallest absolute Gasteiger partial charge is 0.490 e. The average molecular weight is 460 g/mol. The van der Waals surface area contributed by atoms with Crippen LogP contribution in [0.3, 0.4) is 0 Å². The summed E-state index contributed by atoms with van der Waals surface area (Å²) in [5.41, 5.74) is 1.12. The van der Waals surface area contributed by atoms with Crippen LogP contribution in [0.4, 0.5) is 13.2 Å². The summed E-state index contributed by atoms with van der Waals surface area (Å²) in [5, 5.41) is 7.12. The summed E-state index contributed by atoms with van der Waals surface area (Å²) in [4.78, 5) is 25.8. The lowest BCUT2D eigenvalue weighted by molar-refractivity contribution is -0.192. The highest BCUT2D eigenvalue weighted by atomic mass is 19.4. The van der Waals surface area contributed by atoms with Crippen molar-refractivity contribution in [2.24, 2.45) is 5.92 Å². The van der Waals surface area contributed by atoms with Crippen molar-refractivity contribution < 1.29 is 42.1 Å². The van der Waals surface area contributed by atoms with Gasteiger partial charge in [0.25, 0.3) is 0 Å². The molecule has 0 spiro atoms. The molecular weight excluding hydrogens is 433 g/mol. The lowest BCUT2D eigenvalue weighted by Gasteiger charge is -2.36. The summed E-state index contributed by atoms with van der Waals surface area (Å²) in [6.07, 6.45) is -3.82. The number of carboxylic acids is 1. The number of methoxy groups -OCH3 is 1. The van der Waals surface area contributed by atoms with E-state index in [0.717, 1.165) is 50.6 Å². The van der Waals surface area contributed by atoms with Crippen molar-refractivity contribution in [1.82, 2.24) is 9.80 Å². The van der Waals surface area contributed by atoms with Gasteiger partial charge >= 0.3 is 12.1 Å². The Morgan fingerprint density at radius 2 is 1.94 bits per heavy atom. The fraction of sp³-hybridized carbons (Fsp3) is 0.619. The van der Waals surface area contributed by atoms with E-state index in [4.69, 9.17) is 24.1 Å². The average Bonchev–Trinajstić information content (AvgIpc) is 3.40. The zero-order valence-electron chi connectivity index (χ0n) is 17.7. The number of nitrogens with zero attached hydrogens (tertiary/aromatic N) is 2. The van der Waals surface area contributed by atoms with Crippen molar-refractivity contribution in [3.8, 4) is 5.75 Å². The van der Waals surface area contributed by atoms with E-state index in [0.29, 0.717) is 12.5 Å². The summed E-state index contributed by atoms with van der Waals surface area (Å²) in [6, 6.07) is 8.08. The van der Waals surface area contributed by atoms with Gasteiger partial charge in [0.15, 0.2) is 0 Å². The van der Waals surface area contributed by atoms with Crippen LogP contribution in [0.5, 0.6) is 5.75 Å². The molecular formula is C21H27F3N2O6. The van der Waals surface area contributed by atoms with Gasteiger partial charge in [0.1, 0.15) is 12.4 Å². The van der Waals surface area contributed by atoms with E-state index in [-0.39, 0.29) is 24.7 Å². The number of carboxylic acid groups (broad SMARTS) is 1. The number of halogens is 3. The lowest BCUT2D eigenvalue weighted by Crippen LogP contribution is -2.53. The lowest BCUT2D eigenvalue weighted by atomic mass is 10.1. The molecule has 3 aliphatic heterocycles. The number of alkyl halides is 3. The zero-order valence-corrected chi connectivity index (χ0v) is 17.7. The first-order valence-corrected chi connectivity index (χ1v) is 10.3. The molecule has 0 saturated carbocycles. The molecule has 1 aromatic carbocycles. The molecule has 3 saturated heterocycles. The van der Waals surface area contributed by atoms with Crippen molar-refractivity contribution in [1.29, 1.82) is 0 Å². The summed E-state index contributed by atoms with van der Waals surface area (Å²) < 4.78 is 48.3. The van der Waals surface area contributed by atoms with E-state index in [1.807, 2.05) is 29.2 Å². The standard InChI is InChI=1S/C19H26N2O4.C2HF3O2/c1-23-16-4-2-14(3-5-16)9-21-17-10-20(8-15-6-7-24-12-15)11-18(17)25-13-19(21)22;3-2(4,5)1(6)7/h2-5,15,17-18H,6-13H2,1H3;(H,6,7)/t15?,17-,18-;/m1./s1. The minimum absolute atomic E-state index is 0.0862. The van der Waals surface area contributed by atoms with Crippen molar-refractivity contribution in [2.75, 3.05) is 46.6 Å². The SMILES string of the molecule is COc1ccc(CN2C(=O)CO[C@@H]3CN(CC4CCOC4)C[C@H]32)cc1.O=C(O)C(F)(F)F. The molecule has 1 N–H and O–H groups in total. The molecule has 1 aromatic rings. The fourth-order valence-electron chi connectivity index (χ4n) is 4.12. The monoisotopic (exact) mass is 460 g/mol. The molecule has 178 valence electrons. The summed E-state index contributed by atoms with van der Waals surface area (Å²) in [5.74, 6) is -1.22. The van der Waals surface area contributed by atoms with Crippen LogP contribution in [0.1, 0.15) is 12.0 Å². The predicted molar refractivity (Wildman–Crippen MR) is 106 cm³/mol. The highest BCUT2D eigenvalue weighted by molar-refractivity contribution is 5.78. The van der Waals surface area contributed by atoms with Gasteiger partial charge in [-0.05, 0) is 30.0 Å². The highest BCUT2D eigenvalue weighted by Gasteiger charge is 2.43. The third-order valence-electron chi connectivity index (χ3n) is 5.75. The van der Waals surface area contributed by atoms with Crippen molar-refractivity contribution in [2.45, 2.75) is 31.3 Å². The maximum Gasteiger partial charge on any atom is 0.490 e. The number of amides is 1. The third kappa shape index (κ3) is 6.33. The molecule has 1 unspecified atom stereocenters. The van der Waals surface area contributed by atoms with Gasteiger partial charge in [-0.25, -0.2) is 4.79 Å². The van der Waals surface area contributed by atoms with Crippen LogP contribution in [-0.4, -0.2) is 91.7 Å². The van der Waals surface area contributed by atoms with Crippen LogP contribution in [0.25, 0.3) is 0 Å². The van der Waals surface area contributed by atoms with Crippen molar-refractivity contribution >= 4 is 11.9 Å². The molecule has 3 fully saturated rings. The van der Waals surface area contributed by atoms with E-state index < -0.39 is 12.1 Å². The van der Waals surface area contributed by atoms with Crippen LogP contribution in [0.2, 0.25) is 0 Å². The highest BCUT2D eigenvalue weighted by Crippen LogP contribution is 2.27. The van der Waals surface area contributed by atoms with Gasteiger partial charge in [-0.3, -0.25) is 9.69 Å². The Hall–Kier alpha value is -2.37. The Kier molecular flexibility index (Phi) is 7.96. The minimum Gasteiger partial charge on any atom is -0.497 e. The molecule has 32 heavy (non-hydrogen) atoms. The normalized spacial score (nSPS) is 25.8. The van der Waals surface area contributed by atoms with Gasteiger partial charge in [0, 0.05) is 32.8 Å². The largest absolute Gasteiger partial charge is 0.497 e. The van der Waals surface area contributed by atoms with E-state index in [2.05, 4.69) is 4.90 Å². The molecule has 0 aromatic heterocycles. The second kappa shape index (κ2) is 10.5. The Morgan fingerprint density at radius 3 is 2.50 bits per heavy atom. The van der Waals surface area contributed by atoms with E-state index >= 15 is 0 Å². The number of fused-ring (bicyclic) bond motifs is 1. The van der Waals surface area contributed by atoms with Crippen LogP contribution in [-0.2, 0) is 25.6 Å². The number of aliphatic carboxylic acids is 1. The number of morpholine rings is 1. The fourth-order valence-corrected chi connectivity index (χ4v) is 4.12. The quantitative estimate of drug-likeness (QED) is 0.717. The van der Waals surface area contributed by atoms with Gasteiger partial charge in [0.2, 0.25) is 5.91 Å². The first-order valence-electron chi connectivity index (χ1n) is 10.3. The first kappa shape index (κ1) is 24.3. The summed E-state index contributed by atoms with van der Waals surface area (Å²) in [6.45, 7) is 5.41. The number of carbonyl (C=O) groups is 2. The number of ether oxygens (including phenoxy) is 3. The Balaban J connectivity index is 0.000000360. The molecule has 1 amide bonds. The topological polar surface area (TPSA) is 88.5 Å². The Labute approximate surface area is 183 Å². The van der Waals surface area contributed by atoms with Crippen LogP contribution >= 0.6 is 0 Å². The van der Waals surface area contributed by atoms with Gasteiger partial charge in [-0.15, -0.1) is 0 Å². The molecule has 8 nitrogen and oxygen atoms in total. The number of likely N-dealkylation sites (tertiary alicyclic amines) is 1. The minimum atomic E-state index is -5.08. The number of carbonyl (C=O) groups excluding carboxylic acids is 1. The van der Waals surface area contributed by atoms with Crippen molar-refractivity contribution in [3.63, 3.8) is 0 Å². The van der Waals surface area contributed by atoms with Gasteiger partial charge in [-0.2, -0.15) is 13.2 Å². The predicted octanol–water partition coefficient (Wildman–Crippen LogP) is 1.78. The molecule has 3 aliphatic rings. The number of benzene rings is 1. The number of rotatable bonds is 5. The Bertz CT molecular complexity index is 783. The molecule has 0 aliphatic carbocycles. The van der Waals surface area contributed by atoms with Crippen LogP contribution < -0.4 is 4.74 Å². The molecule has 4 rings (SSSR count). The second-order valence-electron chi connectivity index (χ2n) is 8.04. The first-order chi connectivity index (χ1) is 15.2. The third-order valence-corrected chi connectivity index (χ3v) is 5.75. The van der Waals surface area contributed by atoms with Gasteiger partial charge in [0.05, 0.1) is 25.9 Å². The molecule has 11 heteroatoms. The van der Waals surface area contributed by atoms with E-state index in [1.54, 1.807) is 7.11 Å². The summed E-state index contributed by atoms with van der Waals surface area (Å²) in [7, 11) is 1.66. The van der Waals surface area contributed by atoms with E-state index in [1.165, 1.54) is 0 Å². The number of hydrogen-bond acceptors (Lipinski definition) is 6. The van der Waals surface area contributed by atoms with Crippen LogP contribution in [0, 0.1) is 5.92 Å². The van der Waals surface area contributed by atoms with Crippen LogP contribution in [0.15, 0.2) is 24.3 Å². The molecule has 3 atom stereocenters. The molecule has 3 heterocycles.